The highest BCUT2D eigenvalue weighted by Gasteiger charge is 2.56. The van der Waals surface area contributed by atoms with Gasteiger partial charge in [-0.25, -0.2) is 12.7 Å². The molecule has 0 saturated carbocycles. The predicted octanol–water partition coefficient (Wildman–Crippen LogP) is 3.52. The molecule has 0 atom stereocenters. The first kappa shape index (κ1) is 25.6. The quantitative estimate of drug-likeness (QED) is 0.376. The summed E-state index contributed by atoms with van der Waals surface area (Å²) >= 11 is 0. The molecule has 7 nitrogen and oxygen atoms in total. The lowest BCUT2D eigenvalue weighted by Crippen LogP contribution is -2.59. The fourth-order valence-corrected chi connectivity index (χ4v) is 6.40. The molecule has 8 heteroatoms. The maximum atomic E-state index is 13.6. The van der Waals surface area contributed by atoms with Crippen LogP contribution in [-0.4, -0.2) is 68.6 Å². The number of hydrogen-bond acceptors (Lipinski definition) is 6. The second-order valence-electron chi connectivity index (χ2n) is 9.50. The summed E-state index contributed by atoms with van der Waals surface area (Å²) < 4.78 is 43.6. The molecule has 0 aromatic heterocycles. The molecule has 2 aliphatic heterocycles. The summed E-state index contributed by atoms with van der Waals surface area (Å²) in [7, 11) is -3.81. The van der Waals surface area contributed by atoms with Crippen LogP contribution in [0.5, 0.6) is 0 Å². The molecule has 0 spiro atoms. The molecule has 0 aliphatic carbocycles. The van der Waals surface area contributed by atoms with Crippen molar-refractivity contribution >= 4 is 16.0 Å². The van der Waals surface area contributed by atoms with E-state index in [-0.39, 0.29) is 26.1 Å². The van der Waals surface area contributed by atoms with E-state index in [4.69, 9.17) is 14.2 Å². The third kappa shape index (κ3) is 6.65. The zero-order valence-corrected chi connectivity index (χ0v) is 20.1. The van der Waals surface area contributed by atoms with Crippen LogP contribution in [-0.2, 0) is 29.0 Å². The molecule has 0 amide bonds. The van der Waals surface area contributed by atoms with Gasteiger partial charge in [-0.15, -0.1) is 0 Å². The van der Waals surface area contributed by atoms with E-state index in [9.17, 15) is 13.2 Å². The number of hydrogen-bond donors (Lipinski definition) is 0. The van der Waals surface area contributed by atoms with E-state index < -0.39 is 26.3 Å². The first-order chi connectivity index (χ1) is 14.1. The molecule has 0 N–H and O–H groups in total. The molecule has 2 aliphatic rings. The number of piperidine rings is 1. The SMILES string of the molecule is CCOCCCCCC1CCN(S(=O)(=O)C2(C(=O)OC(C)(C)C)CCOCC2)CC1. The van der Waals surface area contributed by atoms with Gasteiger partial charge in [-0.1, -0.05) is 19.3 Å². The van der Waals surface area contributed by atoms with E-state index in [2.05, 4.69) is 0 Å². The highest BCUT2D eigenvalue weighted by Crippen LogP contribution is 2.37. The Kier molecular flexibility index (Phi) is 9.58. The maximum absolute atomic E-state index is 13.6. The van der Waals surface area contributed by atoms with Gasteiger partial charge in [0.1, 0.15) is 5.60 Å². The number of esters is 1. The molecule has 2 saturated heterocycles. The molecule has 30 heavy (non-hydrogen) atoms. The Morgan fingerprint density at radius 2 is 1.73 bits per heavy atom. The standard InChI is InChI=1S/C22H41NO6S/c1-5-27-16-8-6-7-9-19-10-14-23(15-11-19)30(25,26)22(12-17-28-18-13-22)20(24)29-21(2,3)4/h19H,5-18H2,1-4H3. The van der Waals surface area contributed by atoms with Gasteiger partial charge in [0.2, 0.25) is 10.0 Å². The summed E-state index contributed by atoms with van der Waals surface area (Å²) in [4.78, 5) is 13.0. The lowest BCUT2D eigenvalue weighted by atomic mass is 9.92. The topological polar surface area (TPSA) is 82.1 Å². The van der Waals surface area contributed by atoms with Gasteiger partial charge in [0, 0.05) is 52.4 Å². The summed E-state index contributed by atoms with van der Waals surface area (Å²) in [5, 5.41) is 0. The van der Waals surface area contributed by atoms with Gasteiger partial charge in [-0.05, 0) is 52.9 Å². The van der Waals surface area contributed by atoms with E-state index in [0.717, 1.165) is 51.7 Å². The molecular weight excluding hydrogens is 406 g/mol. The van der Waals surface area contributed by atoms with Gasteiger partial charge in [0.25, 0.3) is 0 Å². The summed E-state index contributed by atoms with van der Waals surface area (Å²) in [5.41, 5.74) is -0.729. The molecule has 2 fully saturated rings. The normalized spacial score (nSPS) is 21.5. The van der Waals surface area contributed by atoms with Crippen LogP contribution in [0.2, 0.25) is 0 Å². The number of carbonyl (C=O) groups excluding carboxylic acids is 1. The van der Waals surface area contributed by atoms with Crippen molar-refractivity contribution in [3.05, 3.63) is 0 Å². The van der Waals surface area contributed by atoms with Crippen molar-refractivity contribution in [3.8, 4) is 0 Å². The Labute approximate surface area is 182 Å². The lowest BCUT2D eigenvalue weighted by molar-refractivity contribution is -0.161. The average Bonchev–Trinajstić information content (AvgIpc) is 2.70. The second-order valence-corrected chi connectivity index (χ2v) is 11.8. The maximum Gasteiger partial charge on any atom is 0.329 e. The molecule has 2 heterocycles. The van der Waals surface area contributed by atoms with Crippen LogP contribution < -0.4 is 0 Å². The van der Waals surface area contributed by atoms with Crippen LogP contribution in [0, 0.1) is 5.92 Å². The average molecular weight is 448 g/mol. The number of rotatable bonds is 10. The third-order valence-corrected chi connectivity index (χ3v) is 8.69. The zero-order chi connectivity index (χ0) is 22.3. The Morgan fingerprint density at radius 1 is 1.10 bits per heavy atom. The van der Waals surface area contributed by atoms with Crippen LogP contribution >= 0.6 is 0 Å². The predicted molar refractivity (Wildman–Crippen MR) is 117 cm³/mol. The number of unbranched alkanes of at least 4 members (excludes halogenated alkanes) is 2. The largest absolute Gasteiger partial charge is 0.459 e. The molecule has 2 rings (SSSR count). The van der Waals surface area contributed by atoms with Crippen LogP contribution in [0.15, 0.2) is 0 Å². The highest BCUT2D eigenvalue weighted by atomic mass is 32.2. The van der Waals surface area contributed by atoms with E-state index in [0.29, 0.717) is 19.0 Å². The molecule has 176 valence electrons. The molecular formula is C22H41NO6S. The zero-order valence-electron chi connectivity index (χ0n) is 19.3. The first-order valence-corrected chi connectivity index (χ1v) is 12.9. The van der Waals surface area contributed by atoms with Crippen LogP contribution in [0.25, 0.3) is 0 Å². The van der Waals surface area contributed by atoms with E-state index >= 15 is 0 Å². The number of carbonyl (C=O) groups is 1. The number of sulfonamides is 1. The van der Waals surface area contributed by atoms with Gasteiger partial charge < -0.3 is 14.2 Å². The van der Waals surface area contributed by atoms with Crippen LogP contribution in [0.1, 0.15) is 79.1 Å². The molecule has 0 aromatic rings. The second kappa shape index (κ2) is 11.2. The Balaban J connectivity index is 1.95. The van der Waals surface area contributed by atoms with Crippen LogP contribution in [0.4, 0.5) is 0 Å². The van der Waals surface area contributed by atoms with Crippen LogP contribution in [0.3, 0.4) is 0 Å². The molecule has 0 unspecified atom stereocenters. The third-order valence-electron chi connectivity index (χ3n) is 6.08. The highest BCUT2D eigenvalue weighted by molar-refractivity contribution is 7.91. The van der Waals surface area contributed by atoms with Gasteiger partial charge in [-0.3, -0.25) is 4.79 Å². The fourth-order valence-electron chi connectivity index (χ4n) is 4.28. The van der Waals surface area contributed by atoms with Gasteiger partial charge in [-0.2, -0.15) is 0 Å². The molecule has 0 aromatic carbocycles. The van der Waals surface area contributed by atoms with E-state index in [1.54, 1.807) is 20.8 Å². The number of nitrogens with zero attached hydrogens (tertiary/aromatic N) is 1. The van der Waals surface area contributed by atoms with Crippen molar-refractivity contribution < 1.29 is 27.4 Å². The van der Waals surface area contributed by atoms with Crippen molar-refractivity contribution in [1.82, 2.24) is 4.31 Å². The Morgan fingerprint density at radius 3 is 2.30 bits per heavy atom. The summed E-state index contributed by atoms with van der Waals surface area (Å²) in [6, 6.07) is 0. The minimum absolute atomic E-state index is 0.157. The number of ether oxygens (including phenoxy) is 3. The van der Waals surface area contributed by atoms with Crippen molar-refractivity contribution in [2.75, 3.05) is 39.5 Å². The monoisotopic (exact) mass is 447 g/mol. The minimum Gasteiger partial charge on any atom is -0.459 e. The summed E-state index contributed by atoms with van der Waals surface area (Å²) in [6.45, 7) is 10.4. The van der Waals surface area contributed by atoms with Gasteiger partial charge in [0.05, 0.1) is 0 Å². The fraction of sp³-hybridized carbons (Fsp3) is 0.955. The molecule has 0 radical (unpaired) electrons. The summed E-state index contributed by atoms with van der Waals surface area (Å²) in [5.74, 6) is -0.0783. The van der Waals surface area contributed by atoms with E-state index in [1.165, 1.54) is 4.31 Å². The van der Waals surface area contributed by atoms with Gasteiger partial charge >= 0.3 is 5.97 Å². The van der Waals surface area contributed by atoms with Crippen molar-refractivity contribution in [2.24, 2.45) is 5.92 Å². The lowest BCUT2D eigenvalue weighted by Gasteiger charge is -2.41. The van der Waals surface area contributed by atoms with Crippen molar-refractivity contribution in [1.29, 1.82) is 0 Å². The smallest absolute Gasteiger partial charge is 0.329 e. The van der Waals surface area contributed by atoms with E-state index in [1.807, 2.05) is 6.92 Å². The first-order valence-electron chi connectivity index (χ1n) is 11.5. The molecule has 0 bridgehead atoms. The minimum atomic E-state index is -3.81. The van der Waals surface area contributed by atoms with Crippen molar-refractivity contribution in [3.63, 3.8) is 0 Å². The summed E-state index contributed by atoms with van der Waals surface area (Å²) in [6.07, 6.45) is 6.54. The van der Waals surface area contributed by atoms with Crippen molar-refractivity contribution in [2.45, 2.75) is 89.4 Å². The Hall–Kier alpha value is -0.700. The Bertz CT molecular complexity index is 629. The van der Waals surface area contributed by atoms with Gasteiger partial charge in [0.15, 0.2) is 4.75 Å².